The molecule has 0 aliphatic heterocycles. The number of nitrogens with one attached hydrogen (secondary N) is 1. The minimum atomic E-state index is -4.15. The number of benzene rings is 3. The first kappa shape index (κ1) is 29.7. The van der Waals surface area contributed by atoms with Crippen LogP contribution in [0.2, 0.25) is 0 Å². The number of amides is 2. The highest BCUT2D eigenvalue weighted by atomic mass is 32.2. The number of carbonyl (C=O) groups is 2. The SMILES string of the molecule is CCCCNC(=O)[C@@H](CC)N(Cc1ccccc1)C(=O)CN(c1ccccc1OC)S(=O)(=O)c1ccccc1. The molecule has 0 spiro atoms. The standard InChI is InChI=1S/C30H37N3O5S/c1-4-6-21-31-30(35)26(5-2)32(22-24-15-9-7-10-16-24)29(34)23-33(27-19-13-14-20-28(27)38-3)39(36,37)25-17-11-8-12-18-25/h7-20,26H,4-6,21-23H2,1-3H3,(H,31,35)/t26-/m1/s1. The Morgan fingerprint density at radius 3 is 2.13 bits per heavy atom. The van der Waals surface area contributed by atoms with E-state index in [-0.39, 0.29) is 23.0 Å². The predicted molar refractivity (Wildman–Crippen MR) is 153 cm³/mol. The van der Waals surface area contributed by atoms with Gasteiger partial charge in [0.2, 0.25) is 11.8 Å². The second-order valence-corrected chi connectivity index (χ2v) is 10.9. The molecule has 208 valence electrons. The zero-order valence-corrected chi connectivity index (χ0v) is 23.6. The number of carbonyl (C=O) groups excluding carboxylic acids is 2. The quantitative estimate of drug-likeness (QED) is 0.295. The van der Waals surface area contributed by atoms with Gasteiger partial charge in [0.05, 0.1) is 17.7 Å². The zero-order chi connectivity index (χ0) is 28.3. The lowest BCUT2D eigenvalue weighted by molar-refractivity contribution is -0.140. The molecule has 0 unspecified atom stereocenters. The number of methoxy groups -OCH3 is 1. The molecule has 3 aromatic rings. The summed E-state index contributed by atoms with van der Waals surface area (Å²) in [5.74, 6) is -0.449. The van der Waals surface area contributed by atoms with Crippen molar-refractivity contribution < 1.29 is 22.7 Å². The third-order valence-corrected chi connectivity index (χ3v) is 8.15. The summed E-state index contributed by atoms with van der Waals surface area (Å²) in [6, 6.07) is 23.2. The molecular weight excluding hydrogens is 514 g/mol. The van der Waals surface area contributed by atoms with E-state index in [1.807, 2.05) is 44.2 Å². The summed E-state index contributed by atoms with van der Waals surface area (Å²) in [7, 11) is -2.71. The Hall–Kier alpha value is -3.85. The van der Waals surface area contributed by atoms with Crippen molar-refractivity contribution in [3.8, 4) is 5.75 Å². The highest BCUT2D eigenvalue weighted by Crippen LogP contribution is 2.32. The van der Waals surface area contributed by atoms with Gasteiger partial charge in [-0.25, -0.2) is 8.42 Å². The molecule has 0 heterocycles. The summed E-state index contributed by atoms with van der Waals surface area (Å²) in [5, 5.41) is 2.93. The molecule has 3 rings (SSSR count). The van der Waals surface area contributed by atoms with E-state index in [0.717, 1.165) is 22.7 Å². The number of hydrogen-bond donors (Lipinski definition) is 1. The van der Waals surface area contributed by atoms with E-state index in [2.05, 4.69) is 5.32 Å². The zero-order valence-electron chi connectivity index (χ0n) is 22.7. The lowest BCUT2D eigenvalue weighted by atomic mass is 10.1. The lowest BCUT2D eigenvalue weighted by Crippen LogP contribution is -2.52. The smallest absolute Gasteiger partial charge is 0.264 e. The molecule has 0 fully saturated rings. The number of sulfonamides is 1. The van der Waals surface area contributed by atoms with Crippen molar-refractivity contribution >= 4 is 27.5 Å². The molecule has 0 radical (unpaired) electrons. The molecule has 9 heteroatoms. The van der Waals surface area contributed by atoms with E-state index in [0.29, 0.717) is 18.7 Å². The van der Waals surface area contributed by atoms with E-state index < -0.39 is 28.5 Å². The van der Waals surface area contributed by atoms with Gasteiger partial charge in [0.15, 0.2) is 0 Å². The number of unbranched alkanes of at least 4 members (excludes halogenated alkanes) is 1. The van der Waals surface area contributed by atoms with Crippen LogP contribution < -0.4 is 14.4 Å². The molecule has 3 aromatic carbocycles. The minimum Gasteiger partial charge on any atom is -0.495 e. The average molecular weight is 552 g/mol. The van der Waals surface area contributed by atoms with Crippen LogP contribution in [0.25, 0.3) is 0 Å². The van der Waals surface area contributed by atoms with Crippen molar-refractivity contribution in [2.45, 2.75) is 50.6 Å². The van der Waals surface area contributed by atoms with Crippen molar-refractivity contribution in [3.05, 3.63) is 90.5 Å². The monoisotopic (exact) mass is 551 g/mol. The van der Waals surface area contributed by atoms with Crippen LogP contribution in [0.4, 0.5) is 5.69 Å². The van der Waals surface area contributed by atoms with Gasteiger partial charge in [-0.1, -0.05) is 80.9 Å². The number of para-hydroxylation sites is 2. The van der Waals surface area contributed by atoms with Gasteiger partial charge in [-0.15, -0.1) is 0 Å². The number of nitrogens with zero attached hydrogens (tertiary/aromatic N) is 2. The van der Waals surface area contributed by atoms with Crippen molar-refractivity contribution in [2.24, 2.45) is 0 Å². The molecule has 2 amide bonds. The number of anilines is 1. The molecule has 0 aliphatic carbocycles. The summed E-state index contributed by atoms with van der Waals surface area (Å²) >= 11 is 0. The molecule has 0 bridgehead atoms. The Labute approximate surface area is 231 Å². The molecule has 0 aliphatic rings. The van der Waals surface area contributed by atoms with Crippen molar-refractivity contribution in [1.82, 2.24) is 10.2 Å². The van der Waals surface area contributed by atoms with Crippen LogP contribution in [-0.4, -0.2) is 51.4 Å². The summed E-state index contributed by atoms with van der Waals surface area (Å²) in [6.45, 7) is 4.03. The molecule has 1 N–H and O–H groups in total. The van der Waals surface area contributed by atoms with E-state index in [1.54, 1.807) is 42.5 Å². The first-order valence-corrected chi connectivity index (χ1v) is 14.6. The number of rotatable bonds is 14. The maximum absolute atomic E-state index is 14.0. The van der Waals surface area contributed by atoms with Gasteiger partial charge in [0, 0.05) is 13.1 Å². The first-order chi connectivity index (χ1) is 18.8. The molecule has 0 saturated heterocycles. The fourth-order valence-corrected chi connectivity index (χ4v) is 5.72. The minimum absolute atomic E-state index is 0.0441. The van der Waals surface area contributed by atoms with Crippen LogP contribution in [0.5, 0.6) is 5.75 Å². The topological polar surface area (TPSA) is 96.0 Å². The number of hydrogen-bond acceptors (Lipinski definition) is 5. The van der Waals surface area contributed by atoms with Gasteiger partial charge >= 0.3 is 0 Å². The third-order valence-electron chi connectivity index (χ3n) is 6.38. The van der Waals surface area contributed by atoms with Gasteiger partial charge in [0.1, 0.15) is 18.3 Å². The van der Waals surface area contributed by atoms with Crippen LogP contribution in [0.1, 0.15) is 38.7 Å². The maximum Gasteiger partial charge on any atom is 0.264 e. The van der Waals surface area contributed by atoms with Crippen molar-refractivity contribution in [3.63, 3.8) is 0 Å². The van der Waals surface area contributed by atoms with E-state index in [1.165, 1.54) is 24.1 Å². The average Bonchev–Trinajstić information content (AvgIpc) is 2.96. The summed E-state index contributed by atoms with van der Waals surface area (Å²) in [6.07, 6.45) is 2.12. The molecule has 39 heavy (non-hydrogen) atoms. The summed E-state index contributed by atoms with van der Waals surface area (Å²) < 4.78 is 34.3. The Bertz CT molecular complexity index is 1320. The molecular formula is C30H37N3O5S. The summed E-state index contributed by atoms with van der Waals surface area (Å²) in [5.41, 5.74) is 1.07. The van der Waals surface area contributed by atoms with E-state index in [9.17, 15) is 18.0 Å². The molecule has 1 atom stereocenters. The van der Waals surface area contributed by atoms with Crippen LogP contribution >= 0.6 is 0 Å². The van der Waals surface area contributed by atoms with Gasteiger partial charge in [0.25, 0.3) is 10.0 Å². The fraction of sp³-hybridized carbons (Fsp3) is 0.333. The third kappa shape index (κ3) is 7.60. The second-order valence-electron chi connectivity index (χ2n) is 9.07. The maximum atomic E-state index is 14.0. The van der Waals surface area contributed by atoms with Crippen LogP contribution in [0.3, 0.4) is 0 Å². The van der Waals surface area contributed by atoms with E-state index in [4.69, 9.17) is 4.74 Å². The molecule has 0 saturated carbocycles. The Balaban J connectivity index is 2.04. The molecule has 0 aromatic heterocycles. The Morgan fingerprint density at radius 2 is 1.51 bits per heavy atom. The largest absolute Gasteiger partial charge is 0.495 e. The van der Waals surface area contributed by atoms with Crippen LogP contribution in [-0.2, 0) is 26.2 Å². The lowest BCUT2D eigenvalue weighted by Gasteiger charge is -2.33. The van der Waals surface area contributed by atoms with Gasteiger partial charge in [-0.05, 0) is 42.7 Å². The van der Waals surface area contributed by atoms with Gasteiger partial charge < -0.3 is 15.0 Å². The normalized spacial score (nSPS) is 11.9. The highest BCUT2D eigenvalue weighted by molar-refractivity contribution is 7.92. The predicted octanol–water partition coefficient (Wildman–Crippen LogP) is 4.61. The van der Waals surface area contributed by atoms with Crippen molar-refractivity contribution in [1.29, 1.82) is 0 Å². The number of ether oxygens (including phenoxy) is 1. The highest BCUT2D eigenvalue weighted by Gasteiger charge is 2.34. The van der Waals surface area contributed by atoms with Crippen LogP contribution in [0.15, 0.2) is 89.8 Å². The second kappa shape index (κ2) is 14.3. The van der Waals surface area contributed by atoms with Crippen LogP contribution in [0, 0.1) is 0 Å². The van der Waals surface area contributed by atoms with Gasteiger partial charge in [-0.2, -0.15) is 0 Å². The van der Waals surface area contributed by atoms with Crippen molar-refractivity contribution in [2.75, 3.05) is 24.5 Å². The Kier molecular flexibility index (Phi) is 10.9. The van der Waals surface area contributed by atoms with Gasteiger partial charge in [-0.3, -0.25) is 13.9 Å². The fourth-order valence-electron chi connectivity index (χ4n) is 4.27. The Morgan fingerprint density at radius 1 is 0.897 bits per heavy atom. The summed E-state index contributed by atoms with van der Waals surface area (Å²) in [4.78, 5) is 28.8. The molecule has 8 nitrogen and oxygen atoms in total. The first-order valence-electron chi connectivity index (χ1n) is 13.1. The van der Waals surface area contributed by atoms with E-state index >= 15 is 0 Å².